The zero-order valence-electron chi connectivity index (χ0n) is 11.0. The molecular weight excluding hydrogens is 224 g/mol. The zero-order valence-corrected chi connectivity index (χ0v) is 11.0. The van der Waals surface area contributed by atoms with Gasteiger partial charge in [-0.3, -0.25) is 0 Å². The van der Waals surface area contributed by atoms with E-state index in [9.17, 15) is 0 Å². The molecule has 0 saturated heterocycles. The third-order valence-corrected chi connectivity index (χ3v) is 2.99. The second-order valence-corrected chi connectivity index (χ2v) is 4.63. The van der Waals surface area contributed by atoms with Crippen LogP contribution in [0.1, 0.15) is 26.7 Å². The Bertz CT molecular complexity index is 464. The van der Waals surface area contributed by atoms with Gasteiger partial charge in [0, 0.05) is 6.54 Å². The first kappa shape index (κ1) is 12.6. The maximum atomic E-state index is 4.18. The Hall–Kier alpha value is -1.84. The highest BCUT2D eigenvalue weighted by molar-refractivity contribution is 5.60. The van der Waals surface area contributed by atoms with E-state index in [1.807, 2.05) is 18.2 Å². The van der Waals surface area contributed by atoms with Crippen molar-refractivity contribution in [2.75, 3.05) is 11.9 Å². The minimum absolute atomic E-state index is 0.679. The minimum atomic E-state index is 0.679. The topological polar surface area (TPSA) is 42.7 Å². The predicted octanol–water partition coefficient (Wildman–Crippen LogP) is 3.12. The molecule has 0 spiro atoms. The number of rotatable bonds is 6. The molecular formula is C14H20N4. The summed E-state index contributed by atoms with van der Waals surface area (Å²) < 4.78 is 1.78. The molecule has 1 aromatic heterocycles. The standard InChI is InChI=1S/C14H20N4/c1-3-6-12(2)9-16-13-7-4-5-8-14(13)18-11-15-10-17-18/h4-5,7-8,10-12,16H,3,6,9H2,1-2H3. The van der Waals surface area contributed by atoms with Crippen molar-refractivity contribution in [3.63, 3.8) is 0 Å². The van der Waals surface area contributed by atoms with Crippen LogP contribution in [0.5, 0.6) is 0 Å². The van der Waals surface area contributed by atoms with Crippen LogP contribution in [0.25, 0.3) is 5.69 Å². The molecule has 1 heterocycles. The molecule has 1 N–H and O–H groups in total. The Kier molecular flexibility index (Phi) is 4.34. The van der Waals surface area contributed by atoms with Gasteiger partial charge in [0.05, 0.1) is 11.4 Å². The largest absolute Gasteiger partial charge is 0.383 e. The van der Waals surface area contributed by atoms with E-state index in [0.29, 0.717) is 5.92 Å². The molecule has 18 heavy (non-hydrogen) atoms. The summed E-state index contributed by atoms with van der Waals surface area (Å²) in [5.74, 6) is 0.679. The van der Waals surface area contributed by atoms with Crippen LogP contribution >= 0.6 is 0 Å². The maximum Gasteiger partial charge on any atom is 0.138 e. The second kappa shape index (κ2) is 6.19. The molecule has 0 saturated carbocycles. The number of para-hydroxylation sites is 2. The molecule has 1 aromatic carbocycles. The van der Waals surface area contributed by atoms with Gasteiger partial charge in [0.2, 0.25) is 0 Å². The molecule has 0 amide bonds. The third kappa shape index (κ3) is 3.09. The summed E-state index contributed by atoms with van der Waals surface area (Å²) in [6.45, 7) is 5.48. The summed E-state index contributed by atoms with van der Waals surface area (Å²) in [6, 6.07) is 8.17. The van der Waals surface area contributed by atoms with E-state index in [-0.39, 0.29) is 0 Å². The van der Waals surface area contributed by atoms with E-state index in [2.05, 4.69) is 35.3 Å². The van der Waals surface area contributed by atoms with Gasteiger partial charge in [0.25, 0.3) is 0 Å². The Labute approximate surface area is 108 Å². The fourth-order valence-corrected chi connectivity index (χ4v) is 2.03. The van der Waals surface area contributed by atoms with E-state index in [1.165, 1.54) is 12.8 Å². The number of aromatic nitrogens is 3. The monoisotopic (exact) mass is 244 g/mol. The van der Waals surface area contributed by atoms with Crippen LogP contribution < -0.4 is 5.32 Å². The summed E-state index contributed by atoms with van der Waals surface area (Å²) in [6.07, 6.45) is 5.75. The maximum absolute atomic E-state index is 4.18. The highest BCUT2D eigenvalue weighted by Gasteiger charge is 2.06. The molecule has 96 valence electrons. The lowest BCUT2D eigenvalue weighted by molar-refractivity contribution is 0.550. The molecule has 0 aliphatic heterocycles. The summed E-state index contributed by atoms with van der Waals surface area (Å²) in [5, 5.41) is 7.67. The fraction of sp³-hybridized carbons (Fsp3) is 0.429. The van der Waals surface area contributed by atoms with Crippen LogP contribution in [0.3, 0.4) is 0 Å². The van der Waals surface area contributed by atoms with Crippen molar-refractivity contribution in [2.45, 2.75) is 26.7 Å². The summed E-state index contributed by atoms with van der Waals surface area (Å²) in [4.78, 5) is 3.99. The molecule has 4 heteroatoms. The number of anilines is 1. The van der Waals surface area contributed by atoms with Gasteiger partial charge in [-0.05, 0) is 24.5 Å². The number of nitrogens with zero attached hydrogens (tertiary/aromatic N) is 3. The summed E-state index contributed by atoms with van der Waals surface area (Å²) in [7, 11) is 0. The number of hydrogen-bond acceptors (Lipinski definition) is 3. The van der Waals surface area contributed by atoms with E-state index < -0.39 is 0 Å². The van der Waals surface area contributed by atoms with Gasteiger partial charge < -0.3 is 5.32 Å². The van der Waals surface area contributed by atoms with Crippen molar-refractivity contribution in [3.8, 4) is 5.69 Å². The van der Waals surface area contributed by atoms with Gasteiger partial charge in [-0.15, -0.1) is 0 Å². The Morgan fingerprint density at radius 2 is 2.17 bits per heavy atom. The molecule has 0 radical (unpaired) electrons. The Balaban J connectivity index is 2.09. The van der Waals surface area contributed by atoms with Crippen LogP contribution in [0.15, 0.2) is 36.9 Å². The van der Waals surface area contributed by atoms with Crippen molar-refractivity contribution >= 4 is 5.69 Å². The predicted molar refractivity (Wildman–Crippen MR) is 73.9 cm³/mol. The zero-order chi connectivity index (χ0) is 12.8. The molecule has 1 atom stereocenters. The van der Waals surface area contributed by atoms with Crippen LogP contribution in [0.2, 0.25) is 0 Å². The van der Waals surface area contributed by atoms with Crippen LogP contribution in [-0.2, 0) is 0 Å². The van der Waals surface area contributed by atoms with Gasteiger partial charge >= 0.3 is 0 Å². The van der Waals surface area contributed by atoms with Crippen molar-refractivity contribution in [1.82, 2.24) is 14.8 Å². The van der Waals surface area contributed by atoms with Crippen LogP contribution in [0, 0.1) is 5.92 Å². The van der Waals surface area contributed by atoms with E-state index >= 15 is 0 Å². The van der Waals surface area contributed by atoms with Crippen LogP contribution in [0.4, 0.5) is 5.69 Å². The van der Waals surface area contributed by atoms with Gasteiger partial charge in [-0.25, -0.2) is 9.67 Å². The second-order valence-electron chi connectivity index (χ2n) is 4.63. The van der Waals surface area contributed by atoms with Gasteiger partial charge in [-0.1, -0.05) is 32.4 Å². The SMILES string of the molecule is CCCC(C)CNc1ccccc1-n1cncn1. The molecule has 2 aromatic rings. The number of nitrogens with one attached hydrogen (secondary N) is 1. The number of benzene rings is 1. The van der Waals surface area contributed by atoms with Crippen molar-refractivity contribution < 1.29 is 0 Å². The van der Waals surface area contributed by atoms with Crippen molar-refractivity contribution in [2.24, 2.45) is 5.92 Å². The van der Waals surface area contributed by atoms with E-state index in [4.69, 9.17) is 0 Å². The molecule has 2 rings (SSSR count). The number of hydrogen-bond donors (Lipinski definition) is 1. The lowest BCUT2D eigenvalue weighted by atomic mass is 10.1. The molecule has 0 fully saturated rings. The Morgan fingerprint density at radius 1 is 1.33 bits per heavy atom. The average molecular weight is 244 g/mol. The lowest BCUT2D eigenvalue weighted by Gasteiger charge is -2.15. The average Bonchev–Trinajstić information content (AvgIpc) is 2.91. The van der Waals surface area contributed by atoms with Gasteiger partial charge in [-0.2, -0.15) is 5.10 Å². The molecule has 4 nitrogen and oxygen atoms in total. The molecule has 0 aliphatic carbocycles. The molecule has 0 bridgehead atoms. The quantitative estimate of drug-likeness (QED) is 0.849. The first-order chi connectivity index (χ1) is 8.81. The van der Waals surface area contributed by atoms with Crippen LogP contribution in [-0.4, -0.2) is 21.3 Å². The smallest absolute Gasteiger partial charge is 0.138 e. The fourth-order valence-electron chi connectivity index (χ4n) is 2.03. The van der Waals surface area contributed by atoms with Crippen molar-refractivity contribution in [1.29, 1.82) is 0 Å². The first-order valence-corrected chi connectivity index (χ1v) is 6.49. The van der Waals surface area contributed by atoms with E-state index in [1.54, 1.807) is 17.3 Å². The summed E-state index contributed by atoms with van der Waals surface area (Å²) in [5.41, 5.74) is 2.14. The summed E-state index contributed by atoms with van der Waals surface area (Å²) >= 11 is 0. The highest BCUT2D eigenvalue weighted by atomic mass is 15.3. The minimum Gasteiger partial charge on any atom is -0.383 e. The molecule has 0 aliphatic rings. The van der Waals surface area contributed by atoms with Crippen molar-refractivity contribution in [3.05, 3.63) is 36.9 Å². The first-order valence-electron chi connectivity index (χ1n) is 6.49. The third-order valence-electron chi connectivity index (χ3n) is 2.99. The van der Waals surface area contributed by atoms with E-state index in [0.717, 1.165) is 17.9 Å². The highest BCUT2D eigenvalue weighted by Crippen LogP contribution is 2.19. The van der Waals surface area contributed by atoms with Gasteiger partial charge in [0.15, 0.2) is 0 Å². The normalized spacial score (nSPS) is 12.3. The molecule has 1 unspecified atom stereocenters. The van der Waals surface area contributed by atoms with Gasteiger partial charge in [0.1, 0.15) is 12.7 Å². The lowest BCUT2D eigenvalue weighted by Crippen LogP contribution is -2.12. The Morgan fingerprint density at radius 3 is 2.89 bits per heavy atom.